The summed E-state index contributed by atoms with van der Waals surface area (Å²) < 4.78 is 1.72. The van der Waals surface area contributed by atoms with Crippen molar-refractivity contribution in [2.45, 2.75) is 39.3 Å². The Labute approximate surface area is 221 Å². The van der Waals surface area contributed by atoms with Gasteiger partial charge in [-0.3, -0.25) is 14.7 Å². The molecule has 1 saturated heterocycles. The number of nitrogens with zero attached hydrogens (tertiary/aromatic N) is 8. The van der Waals surface area contributed by atoms with E-state index in [9.17, 15) is 10.1 Å². The summed E-state index contributed by atoms with van der Waals surface area (Å²) in [7, 11) is 0. The first-order chi connectivity index (χ1) is 18.4. The third kappa shape index (κ3) is 5.58. The number of pyridine rings is 1. The Kier molecular flexibility index (Phi) is 7.20. The number of nitriles is 1. The van der Waals surface area contributed by atoms with Crippen molar-refractivity contribution in [3.05, 3.63) is 71.7 Å². The molecule has 0 bridgehead atoms. The number of Topliss-reactive ketones (excluding diaryl/α,β-unsaturated/α-hetero) is 1. The molecule has 1 aliphatic rings. The van der Waals surface area contributed by atoms with Gasteiger partial charge in [-0.15, -0.1) is 5.10 Å². The molecule has 5 rings (SSSR count). The van der Waals surface area contributed by atoms with E-state index in [1.165, 1.54) is 0 Å². The van der Waals surface area contributed by atoms with Crippen LogP contribution in [-0.4, -0.2) is 53.7 Å². The fourth-order valence-electron chi connectivity index (χ4n) is 4.85. The van der Waals surface area contributed by atoms with Gasteiger partial charge in [-0.25, -0.2) is 14.6 Å². The minimum atomic E-state index is 0.116. The molecule has 1 unspecified atom stereocenters. The summed E-state index contributed by atoms with van der Waals surface area (Å²) in [6, 6.07) is 17.3. The van der Waals surface area contributed by atoms with E-state index in [1.54, 1.807) is 35.9 Å². The van der Waals surface area contributed by atoms with Crippen molar-refractivity contribution in [2.75, 3.05) is 18.8 Å². The molecule has 0 aliphatic carbocycles. The zero-order valence-corrected chi connectivity index (χ0v) is 21.4. The van der Waals surface area contributed by atoms with Crippen molar-refractivity contribution in [1.29, 1.82) is 5.26 Å². The average molecular weight is 508 g/mol. The highest BCUT2D eigenvalue weighted by Gasteiger charge is 2.26. The van der Waals surface area contributed by atoms with Gasteiger partial charge < -0.3 is 5.73 Å². The van der Waals surface area contributed by atoms with Crippen LogP contribution in [-0.2, 0) is 11.3 Å². The van der Waals surface area contributed by atoms with Crippen LogP contribution >= 0.6 is 0 Å². The number of aromatic nitrogens is 6. The first-order valence-electron chi connectivity index (χ1n) is 12.7. The summed E-state index contributed by atoms with van der Waals surface area (Å²) in [5.74, 6) is 0.590. The Bertz CT molecular complexity index is 1500. The topological polar surface area (TPSA) is 140 Å². The van der Waals surface area contributed by atoms with Crippen molar-refractivity contribution in [1.82, 2.24) is 34.8 Å². The predicted octanol–water partition coefficient (Wildman–Crippen LogP) is 3.66. The molecule has 10 heteroatoms. The van der Waals surface area contributed by atoms with Crippen LogP contribution in [0.15, 0.2) is 54.7 Å². The number of likely N-dealkylation sites (tertiary alicyclic amines) is 1. The van der Waals surface area contributed by atoms with Gasteiger partial charge in [0.05, 0.1) is 47.1 Å². The molecule has 1 aliphatic heterocycles. The third-order valence-electron chi connectivity index (χ3n) is 7.06. The summed E-state index contributed by atoms with van der Waals surface area (Å²) in [6.07, 6.45) is 3.61. The number of anilines is 1. The summed E-state index contributed by atoms with van der Waals surface area (Å²) in [5, 5.41) is 17.8. The van der Waals surface area contributed by atoms with E-state index in [0.717, 1.165) is 42.9 Å². The second-order valence-corrected chi connectivity index (χ2v) is 9.64. The Morgan fingerprint density at radius 3 is 2.61 bits per heavy atom. The van der Waals surface area contributed by atoms with Crippen LogP contribution in [0.1, 0.15) is 49.7 Å². The number of piperidine rings is 1. The third-order valence-corrected chi connectivity index (χ3v) is 7.06. The van der Waals surface area contributed by atoms with Gasteiger partial charge in [-0.1, -0.05) is 23.4 Å². The molecule has 4 aromatic rings. The molecule has 4 heterocycles. The Morgan fingerprint density at radius 1 is 1.08 bits per heavy atom. The molecule has 1 atom stereocenters. The van der Waals surface area contributed by atoms with Crippen molar-refractivity contribution < 1.29 is 4.79 Å². The molecule has 0 radical (unpaired) electrons. The molecule has 38 heavy (non-hydrogen) atoms. The van der Waals surface area contributed by atoms with Crippen molar-refractivity contribution in [2.24, 2.45) is 5.92 Å². The molecule has 1 aromatic carbocycles. The normalized spacial score (nSPS) is 15.2. The van der Waals surface area contributed by atoms with E-state index in [-0.39, 0.29) is 17.9 Å². The van der Waals surface area contributed by atoms with E-state index < -0.39 is 0 Å². The minimum absolute atomic E-state index is 0.116. The number of carbonyl (C=O) groups is 1. The second-order valence-electron chi connectivity index (χ2n) is 9.64. The average Bonchev–Trinajstić information content (AvgIpc) is 3.41. The lowest BCUT2D eigenvalue weighted by Gasteiger charge is -2.35. The number of rotatable bonds is 7. The van der Waals surface area contributed by atoms with Crippen LogP contribution in [0.2, 0.25) is 0 Å². The van der Waals surface area contributed by atoms with Crippen LogP contribution in [0.3, 0.4) is 0 Å². The van der Waals surface area contributed by atoms with Gasteiger partial charge >= 0.3 is 0 Å². The molecule has 0 amide bonds. The van der Waals surface area contributed by atoms with Crippen molar-refractivity contribution >= 4 is 11.7 Å². The SMILES string of the molecule is CC(=O)C1CCN(C(C)c2cccc(Cn3cc(-c4cc(-c5cccc(C#N)c5)nc(N)n4)nn3)n2)CC1. The molecular formula is C28H29N9O. The monoisotopic (exact) mass is 507 g/mol. The summed E-state index contributed by atoms with van der Waals surface area (Å²) in [6.45, 7) is 6.11. The maximum Gasteiger partial charge on any atom is 0.221 e. The van der Waals surface area contributed by atoms with Gasteiger partial charge in [0.25, 0.3) is 0 Å². The number of hydrogen-bond acceptors (Lipinski definition) is 9. The van der Waals surface area contributed by atoms with Gasteiger partial charge in [0, 0.05) is 17.5 Å². The second kappa shape index (κ2) is 10.9. The molecule has 3 aromatic heterocycles. The van der Waals surface area contributed by atoms with Crippen LogP contribution in [0.25, 0.3) is 22.6 Å². The summed E-state index contributed by atoms with van der Waals surface area (Å²) in [4.78, 5) is 27.7. The van der Waals surface area contributed by atoms with Gasteiger partial charge in [-0.2, -0.15) is 5.26 Å². The van der Waals surface area contributed by atoms with E-state index in [2.05, 4.69) is 38.2 Å². The molecular weight excluding hydrogens is 478 g/mol. The van der Waals surface area contributed by atoms with Crippen molar-refractivity contribution in [3.8, 4) is 28.7 Å². The van der Waals surface area contributed by atoms with Gasteiger partial charge in [0.15, 0.2) is 0 Å². The van der Waals surface area contributed by atoms with Gasteiger partial charge in [0.1, 0.15) is 11.5 Å². The zero-order chi connectivity index (χ0) is 26.6. The molecule has 10 nitrogen and oxygen atoms in total. The van der Waals surface area contributed by atoms with Crippen LogP contribution < -0.4 is 5.73 Å². The Hall–Kier alpha value is -4.49. The fraction of sp³-hybridized carbons (Fsp3) is 0.321. The smallest absolute Gasteiger partial charge is 0.221 e. The summed E-state index contributed by atoms with van der Waals surface area (Å²) >= 11 is 0. The van der Waals surface area contributed by atoms with Crippen LogP contribution in [0, 0.1) is 17.2 Å². The first-order valence-corrected chi connectivity index (χ1v) is 12.7. The standard InChI is InChI=1S/C28H29N9O/c1-18(36-11-9-21(10-12-36)19(2)38)24-8-4-7-23(31-24)16-37-17-27(34-35-37)26-14-25(32-28(30)33-26)22-6-3-5-20(13-22)15-29/h3-8,13-14,17-18,21H,9-12,16H2,1-2H3,(H2,30,32,33). The maximum absolute atomic E-state index is 11.7. The number of ketones is 1. The largest absolute Gasteiger partial charge is 0.368 e. The van der Waals surface area contributed by atoms with E-state index in [4.69, 9.17) is 10.7 Å². The van der Waals surface area contributed by atoms with Gasteiger partial charge in [-0.05, 0) is 70.1 Å². The van der Waals surface area contributed by atoms with Crippen LogP contribution in [0.5, 0.6) is 0 Å². The maximum atomic E-state index is 11.7. The van der Waals surface area contributed by atoms with E-state index >= 15 is 0 Å². The van der Waals surface area contributed by atoms with Crippen molar-refractivity contribution in [3.63, 3.8) is 0 Å². The molecule has 1 fully saturated rings. The number of nitrogen functional groups attached to an aromatic ring is 1. The molecule has 0 spiro atoms. The molecule has 0 saturated carbocycles. The fourth-order valence-corrected chi connectivity index (χ4v) is 4.85. The highest BCUT2D eigenvalue weighted by Crippen LogP contribution is 2.27. The molecule has 192 valence electrons. The minimum Gasteiger partial charge on any atom is -0.368 e. The Morgan fingerprint density at radius 2 is 1.84 bits per heavy atom. The zero-order valence-electron chi connectivity index (χ0n) is 21.4. The lowest BCUT2D eigenvalue weighted by atomic mass is 9.92. The highest BCUT2D eigenvalue weighted by atomic mass is 16.1. The number of hydrogen-bond donors (Lipinski definition) is 1. The summed E-state index contributed by atoms with van der Waals surface area (Å²) in [5.41, 5.74) is 10.9. The van der Waals surface area contributed by atoms with Crippen LogP contribution in [0.4, 0.5) is 5.95 Å². The predicted molar refractivity (Wildman–Crippen MR) is 142 cm³/mol. The Balaban J connectivity index is 1.31. The number of nitrogens with two attached hydrogens (primary N) is 1. The van der Waals surface area contributed by atoms with E-state index in [0.29, 0.717) is 35.0 Å². The molecule has 2 N–H and O–H groups in total. The quantitative estimate of drug-likeness (QED) is 0.397. The first kappa shape index (κ1) is 25.2. The highest BCUT2D eigenvalue weighted by molar-refractivity contribution is 5.78. The number of benzene rings is 1. The number of carbonyl (C=O) groups excluding carboxylic acids is 1. The lowest BCUT2D eigenvalue weighted by molar-refractivity contribution is -0.122. The lowest BCUT2D eigenvalue weighted by Crippen LogP contribution is -2.37. The van der Waals surface area contributed by atoms with E-state index in [1.807, 2.05) is 30.5 Å². The van der Waals surface area contributed by atoms with Gasteiger partial charge in [0.2, 0.25) is 5.95 Å².